The van der Waals surface area contributed by atoms with E-state index in [0.29, 0.717) is 5.41 Å². The normalized spacial score (nSPS) is 25.5. The summed E-state index contributed by atoms with van der Waals surface area (Å²) in [4.78, 5) is 13.5. The molecular formula is C14H25NO2. The second kappa shape index (κ2) is 5.38. The highest BCUT2D eigenvalue weighted by molar-refractivity contribution is 5.70. The molecule has 1 unspecified atom stereocenters. The van der Waals surface area contributed by atoms with Gasteiger partial charge in [-0.15, -0.1) is 0 Å². The topological polar surface area (TPSA) is 40.5 Å². The second-order valence-electron chi connectivity index (χ2n) is 6.05. The van der Waals surface area contributed by atoms with Crippen molar-refractivity contribution < 1.29 is 9.90 Å². The van der Waals surface area contributed by atoms with E-state index < -0.39 is 5.97 Å². The highest BCUT2D eigenvalue weighted by Crippen LogP contribution is 2.43. The molecule has 2 rings (SSSR count). The van der Waals surface area contributed by atoms with Crippen molar-refractivity contribution in [1.82, 2.24) is 4.90 Å². The summed E-state index contributed by atoms with van der Waals surface area (Å²) in [5.74, 6) is -0.766. The lowest BCUT2D eigenvalue weighted by atomic mass is 9.68. The summed E-state index contributed by atoms with van der Waals surface area (Å²) in [6.07, 6.45) is 8.68. The Morgan fingerprint density at radius 2 is 1.94 bits per heavy atom. The third-order valence-electron chi connectivity index (χ3n) is 4.50. The van der Waals surface area contributed by atoms with Crippen molar-refractivity contribution in [2.45, 2.75) is 51.9 Å². The first-order valence-electron chi connectivity index (χ1n) is 7.10. The van der Waals surface area contributed by atoms with Crippen LogP contribution in [0.25, 0.3) is 0 Å². The lowest BCUT2D eigenvalue weighted by molar-refractivity contribution is -0.144. The Morgan fingerprint density at radius 3 is 2.47 bits per heavy atom. The number of nitrogens with zero attached hydrogens (tertiary/aromatic N) is 1. The molecule has 3 heteroatoms. The Labute approximate surface area is 104 Å². The van der Waals surface area contributed by atoms with Crippen molar-refractivity contribution in [3.8, 4) is 0 Å². The van der Waals surface area contributed by atoms with Gasteiger partial charge in [0, 0.05) is 19.6 Å². The minimum Gasteiger partial charge on any atom is -0.481 e. The number of carboxylic acids is 1. The van der Waals surface area contributed by atoms with Gasteiger partial charge in [0.1, 0.15) is 0 Å². The molecule has 0 aromatic rings. The Bertz CT molecular complexity index is 263. The minimum atomic E-state index is -0.614. The van der Waals surface area contributed by atoms with E-state index in [0.717, 1.165) is 32.5 Å². The zero-order chi connectivity index (χ0) is 12.3. The first-order chi connectivity index (χ1) is 8.15. The number of hydrogen-bond acceptors (Lipinski definition) is 2. The molecule has 2 aliphatic rings. The summed E-state index contributed by atoms with van der Waals surface area (Å²) in [7, 11) is 0. The molecule has 1 aliphatic carbocycles. The van der Waals surface area contributed by atoms with Crippen LogP contribution in [0.4, 0.5) is 0 Å². The van der Waals surface area contributed by atoms with Gasteiger partial charge in [-0.2, -0.15) is 0 Å². The molecular weight excluding hydrogens is 214 g/mol. The average molecular weight is 239 g/mol. The van der Waals surface area contributed by atoms with Gasteiger partial charge in [-0.3, -0.25) is 4.79 Å². The maximum Gasteiger partial charge on any atom is 0.307 e. The van der Waals surface area contributed by atoms with Gasteiger partial charge in [0.05, 0.1) is 5.92 Å². The monoisotopic (exact) mass is 239 g/mol. The summed E-state index contributed by atoms with van der Waals surface area (Å²) in [5, 5.41) is 9.15. The molecule has 0 radical (unpaired) electrons. The maximum atomic E-state index is 11.1. The predicted octanol–water partition coefficient (Wildman–Crippen LogP) is 2.75. The number of likely N-dealkylation sites (tertiary alicyclic amines) is 1. The van der Waals surface area contributed by atoms with E-state index >= 15 is 0 Å². The van der Waals surface area contributed by atoms with Crippen LogP contribution in [-0.4, -0.2) is 35.6 Å². The molecule has 0 aromatic carbocycles. The Hall–Kier alpha value is -0.570. The van der Waals surface area contributed by atoms with E-state index in [-0.39, 0.29) is 5.92 Å². The van der Waals surface area contributed by atoms with Gasteiger partial charge >= 0.3 is 5.97 Å². The Balaban J connectivity index is 1.76. The largest absolute Gasteiger partial charge is 0.481 e. The van der Waals surface area contributed by atoms with Crippen LogP contribution in [0.1, 0.15) is 51.9 Å². The third kappa shape index (κ3) is 3.01. The van der Waals surface area contributed by atoms with Gasteiger partial charge < -0.3 is 10.0 Å². The van der Waals surface area contributed by atoms with Crippen LogP contribution < -0.4 is 0 Å². The van der Waals surface area contributed by atoms with E-state index in [9.17, 15) is 4.79 Å². The fourth-order valence-electron chi connectivity index (χ4n) is 3.60. The fourth-order valence-corrected chi connectivity index (χ4v) is 3.60. The molecule has 2 fully saturated rings. The van der Waals surface area contributed by atoms with Crippen LogP contribution in [-0.2, 0) is 4.79 Å². The summed E-state index contributed by atoms with van der Waals surface area (Å²) < 4.78 is 0. The molecule has 1 N–H and O–H groups in total. The van der Waals surface area contributed by atoms with E-state index in [4.69, 9.17) is 5.11 Å². The number of carboxylic acid groups (broad SMARTS) is 1. The molecule has 0 amide bonds. The molecule has 3 nitrogen and oxygen atoms in total. The summed E-state index contributed by atoms with van der Waals surface area (Å²) in [6.45, 7) is 5.14. The molecule has 0 aromatic heterocycles. The van der Waals surface area contributed by atoms with Gasteiger partial charge in [-0.25, -0.2) is 0 Å². The first-order valence-corrected chi connectivity index (χ1v) is 7.10. The molecule has 17 heavy (non-hydrogen) atoms. The van der Waals surface area contributed by atoms with Gasteiger partial charge in [-0.1, -0.05) is 32.6 Å². The van der Waals surface area contributed by atoms with Crippen LogP contribution in [0.15, 0.2) is 0 Å². The zero-order valence-corrected chi connectivity index (χ0v) is 11.0. The van der Waals surface area contributed by atoms with Crippen molar-refractivity contribution in [3.63, 3.8) is 0 Å². The Kier molecular flexibility index (Phi) is 4.08. The van der Waals surface area contributed by atoms with Gasteiger partial charge in [0.2, 0.25) is 0 Å². The molecule has 1 atom stereocenters. The SMILES string of the molecule is CCCC(CN1CC2(CCCCC2)C1)C(=O)O. The number of aliphatic carboxylic acids is 1. The molecule has 1 spiro atoms. The molecule has 1 saturated carbocycles. The van der Waals surface area contributed by atoms with Crippen LogP contribution in [0.5, 0.6) is 0 Å². The maximum absolute atomic E-state index is 11.1. The molecule has 1 heterocycles. The predicted molar refractivity (Wildman–Crippen MR) is 68.0 cm³/mol. The van der Waals surface area contributed by atoms with Crippen molar-refractivity contribution in [2.75, 3.05) is 19.6 Å². The van der Waals surface area contributed by atoms with Gasteiger partial charge in [-0.05, 0) is 24.7 Å². The second-order valence-corrected chi connectivity index (χ2v) is 6.05. The molecule has 0 bridgehead atoms. The highest BCUT2D eigenvalue weighted by Gasteiger charge is 2.43. The zero-order valence-electron chi connectivity index (χ0n) is 11.0. The van der Waals surface area contributed by atoms with E-state index in [1.165, 1.54) is 32.1 Å². The lowest BCUT2D eigenvalue weighted by Crippen LogP contribution is -2.58. The average Bonchev–Trinajstić information content (AvgIpc) is 2.27. The fraction of sp³-hybridized carbons (Fsp3) is 0.929. The smallest absolute Gasteiger partial charge is 0.307 e. The number of hydrogen-bond donors (Lipinski definition) is 1. The summed E-state index contributed by atoms with van der Waals surface area (Å²) >= 11 is 0. The third-order valence-corrected chi connectivity index (χ3v) is 4.50. The highest BCUT2D eigenvalue weighted by atomic mass is 16.4. The van der Waals surface area contributed by atoms with Crippen LogP contribution >= 0.6 is 0 Å². The molecule has 1 aliphatic heterocycles. The van der Waals surface area contributed by atoms with Crippen molar-refractivity contribution in [1.29, 1.82) is 0 Å². The van der Waals surface area contributed by atoms with Crippen molar-refractivity contribution >= 4 is 5.97 Å². The van der Waals surface area contributed by atoms with Crippen molar-refractivity contribution in [2.24, 2.45) is 11.3 Å². The van der Waals surface area contributed by atoms with Crippen molar-refractivity contribution in [3.05, 3.63) is 0 Å². The Morgan fingerprint density at radius 1 is 1.29 bits per heavy atom. The van der Waals surface area contributed by atoms with Gasteiger partial charge in [0.15, 0.2) is 0 Å². The summed E-state index contributed by atoms with van der Waals surface area (Å²) in [6, 6.07) is 0. The van der Waals surface area contributed by atoms with E-state index in [1.54, 1.807) is 0 Å². The van der Waals surface area contributed by atoms with E-state index in [2.05, 4.69) is 11.8 Å². The first kappa shape index (κ1) is 12.9. The quantitative estimate of drug-likeness (QED) is 0.802. The molecule has 98 valence electrons. The van der Waals surface area contributed by atoms with E-state index in [1.807, 2.05) is 0 Å². The summed E-state index contributed by atoms with van der Waals surface area (Å²) in [5.41, 5.74) is 0.577. The van der Waals surface area contributed by atoms with Crippen LogP contribution in [0.3, 0.4) is 0 Å². The van der Waals surface area contributed by atoms with Crippen LogP contribution in [0, 0.1) is 11.3 Å². The number of carbonyl (C=O) groups is 1. The van der Waals surface area contributed by atoms with Crippen LogP contribution in [0.2, 0.25) is 0 Å². The lowest BCUT2D eigenvalue weighted by Gasteiger charge is -2.53. The molecule has 1 saturated heterocycles. The van der Waals surface area contributed by atoms with Gasteiger partial charge in [0.25, 0.3) is 0 Å². The number of rotatable bonds is 5. The minimum absolute atomic E-state index is 0.152. The standard InChI is InChI=1S/C14H25NO2/c1-2-6-12(13(16)17)9-15-10-14(11-15)7-4-3-5-8-14/h12H,2-11H2,1H3,(H,16,17).